The Morgan fingerprint density at radius 3 is 2.60 bits per heavy atom. The zero-order valence-electron chi connectivity index (χ0n) is 7.58. The van der Waals surface area contributed by atoms with Crippen molar-refractivity contribution >= 4 is 31.9 Å². The zero-order valence-corrected chi connectivity index (χ0v) is 10.8. The third-order valence-corrected chi connectivity index (χ3v) is 3.74. The van der Waals surface area contributed by atoms with Crippen LogP contribution in [-0.4, -0.2) is 0 Å². The van der Waals surface area contributed by atoms with Gasteiger partial charge in [-0.05, 0) is 39.7 Å². The molecule has 2 rings (SSSR count). The molecule has 2 aromatic rings. The standard InChI is InChI=1S/C11H7Br2FO/c12-9-5-7(1-2-10(9)14)11(13)8-3-4-15-6-8/h1-6,11H. The number of halogens is 3. The first kappa shape index (κ1) is 10.9. The van der Waals surface area contributed by atoms with Crippen LogP contribution in [0.15, 0.2) is 45.7 Å². The average Bonchev–Trinajstić information content (AvgIpc) is 2.74. The molecule has 0 aliphatic carbocycles. The van der Waals surface area contributed by atoms with Crippen LogP contribution in [-0.2, 0) is 0 Å². The summed E-state index contributed by atoms with van der Waals surface area (Å²) in [5.41, 5.74) is 1.98. The average molecular weight is 334 g/mol. The summed E-state index contributed by atoms with van der Waals surface area (Å²) in [7, 11) is 0. The number of rotatable bonds is 2. The highest BCUT2D eigenvalue weighted by Gasteiger charge is 2.12. The van der Waals surface area contributed by atoms with Gasteiger partial charge in [0.25, 0.3) is 0 Å². The van der Waals surface area contributed by atoms with Crippen LogP contribution in [0, 0.1) is 5.82 Å². The lowest BCUT2D eigenvalue weighted by Crippen LogP contribution is -1.91. The Kier molecular flexibility index (Phi) is 3.26. The predicted octanol–water partition coefficient (Wildman–Crippen LogP) is 4.67. The van der Waals surface area contributed by atoms with E-state index in [-0.39, 0.29) is 10.6 Å². The van der Waals surface area contributed by atoms with Gasteiger partial charge in [0.05, 0.1) is 21.8 Å². The van der Waals surface area contributed by atoms with E-state index in [1.165, 1.54) is 6.07 Å². The quantitative estimate of drug-likeness (QED) is 0.728. The summed E-state index contributed by atoms with van der Waals surface area (Å²) in [6.07, 6.45) is 3.28. The summed E-state index contributed by atoms with van der Waals surface area (Å²) in [4.78, 5) is 0.0214. The molecule has 1 aromatic carbocycles. The first-order valence-electron chi connectivity index (χ1n) is 4.29. The van der Waals surface area contributed by atoms with Gasteiger partial charge in [0, 0.05) is 5.56 Å². The highest BCUT2D eigenvalue weighted by atomic mass is 79.9. The largest absolute Gasteiger partial charge is 0.472 e. The molecule has 1 heterocycles. The molecule has 4 heteroatoms. The molecule has 0 amide bonds. The number of benzene rings is 1. The summed E-state index contributed by atoms with van der Waals surface area (Å²) >= 11 is 6.69. The van der Waals surface area contributed by atoms with E-state index in [1.54, 1.807) is 24.7 Å². The highest BCUT2D eigenvalue weighted by Crippen LogP contribution is 2.32. The van der Waals surface area contributed by atoms with E-state index in [2.05, 4.69) is 31.9 Å². The van der Waals surface area contributed by atoms with Gasteiger partial charge in [-0.3, -0.25) is 0 Å². The monoisotopic (exact) mass is 332 g/mol. The van der Waals surface area contributed by atoms with Crippen molar-refractivity contribution in [3.63, 3.8) is 0 Å². The summed E-state index contributed by atoms with van der Waals surface area (Å²) in [5, 5.41) is 0. The Morgan fingerprint density at radius 2 is 2.00 bits per heavy atom. The maximum Gasteiger partial charge on any atom is 0.137 e. The molecule has 0 radical (unpaired) electrons. The van der Waals surface area contributed by atoms with Crippen LogP contribution in [0.5, 0.6) is 0 Å². The van der Waals surface area contributed by atoms with Crippen LogP contribution < -0.4 is 0 Å². The van der Waals surface area contributed by atoms with Gasteiger partial charge in [0.1, 0.15) is 5.82 Å². The molecule has 0 N–H and O–H groups in total. The minimum Gasteiger partial charge on any atom is -0.472 e. The molecule has 1 aromatic heterocycles. The Bertz CT molecular complexity index is 454. The Morgan fingerprint density at radius 1 is 1.20 bits per heavy atom. The second-order valence-corrected chi connectivity index (χ2v) is 4.86. The molecule has 1 unspecified atom stereocenters. The predicted molar refractivity (Wildman–Crippen MR) is 63.6 cm³/mol. The molecule has 78 valence electrons. The Labute approximate surface area is 104 Å². The van der Waals surface area contributed by atoms with Gasteiger partial charge in [-0.15, -0.1) is 0 Å². The van der Waals surface area contributed by atoms with E-state index in [9.17, 15) is 4.39 Å². The summed E-state index contributed by atoms with van der Waals surface area (Å²) in [6.45, 7) is 0. The van der Waals surface area contributed by atoms with Gasteiger partial charge in [0.2, 0.25) is 0 Å². The maximum absolute atomic E-state index is 13.0. The van der Waals surface area contributed by atoms with Crippen molar-refractivity contribution in [2.75, 3.05) is 0 Å². The molecular formula is C11H7Br2FO. The van der Waals surface area contributed by atoms with Crippen molar-refractivity contribution in [2.45, 2.75) is 4.83 Å². The van der Waals surface area contributed by atoms with E-state index in [4.69, 9.17) is 4.42 Å². The fourth-order valence-electron chi connectivity index (χ4n) is 1.28. The van der Waals surface area contributed by atoms with Crippen molar-refractivity contribution in [1.82, 2.24) is 0 Å². The number of hydrogen-bond acceptors (Lipinski definition) is 1. The van der Waals surface area contributed by atoms with Gasteiger partial charge < -0.3 is 4.42 Å². The van der Waals surface area contributed by atoms with Crippen LogP contribution in [0.25, 0.3) is 0 Å². The molecule has 0 aliphatic heterocycles. The molecule has 0 spiro atoms. The van der Waals surface area contributed by atoms with Gasteiger partial charge >= 0.3 is 0 Å². The molecule has 0 saturated carbocycles. The van der Waals surface area contributed by atoms with E-state index in [1.807, 2.05) is 6.07 Å². The topological polar surface area (TPSA) is 13.1 Å². The van der Waals surface area contributed by atoms with Gasteiger partial charge in [-0.25, -0.2) is 4.39 Å². The molecule has 0 bridgehead atoms. The number of alkyl halides is 1. The Hall–Kier alpha value is -0.610. The lowest BCUT2D eigenvalue weighted by Gasteiger charge is -2.08. The van der Waals surface area contributed by atoms with E-state index < -0.39 is 0 Å². The molecule has 15 heavy (non-hydrogen) atoms. The van der Waals surface area contributed by atoms with Gasteiger partial charge in [-0.2, -0.15) is 0 Å². The first-order valence-corrected chi connectivity index (χ1v) is 6.00. The summed E-state index contributed by atoms with van der Waals surface area (Å²) in [6, 6.07) is 6.80. The van der Waals surface area contributed by atoms with Crippen LogP contribution in [0.2, 0.25) is 0 Å². The van der Waals surface area contributed by atoms with E-state index in [0.29, 0.717) is 4.47 Å². The second-order valence-electron chi connectivity index (χ2n) is 3.09. The molecular weight excluding hydrogens is 327 g/mol. The summed E-state index contributed by atoms with van der Waals surface area (Å²) in [5.74, 6) is -0.259. The zero-order chi connectivity index (χ0) is 10.8. The van der Waals surface area contributed by atoms with Crippen LogP contribution in [0.3, 0.4) is 0 Å². The van der Waals surface area contributed by atoms with Crippen molar-refractivity contribution in [3.8, 4) is 0 Å². The van der Waals surface area contributed by atoms with Crippen LogP contribution in [0.1, 0.15) is 16.0 Å². The lowest BCUT2D eigenvalue weighted by molar-refractivity contribution is 0.564. The normalized spacial score (nSPS) is 12.7. The third-order valence-electron chi connectivity index (χ3n) is 2.07. The van der Waals surface area contributed by atoms with Crippen LogP contribution in [0.4, 0.5) is 4.39 Å². The summed E-state index contributed by atoms with van der Waals surface area (Å²) < 4.78 is 18.5. The van der Waals surface area contributed by atoms with E-state index in [0.717, 1.165) is 11.1 Å². The van der Waals surface area contributed by atoms with Crippen molar-refractivity contribution in [1.29, 1.82) is 0 Å². The molecule has 0 saturated heterocycles. The Balaban J connectivity index is 2.34. The van der Waals surface area contributed by atoms with Gasteiger partial charge in [0.15, 0.2) is 0 Å². The van der Waals surface area contributed by atoms with Crippen molar-refractivity contribution in [2.24, 2.45) is 0 Å². The minimum atomic E-state index is -0.259. The third kappa shape index (κ3) is 2.32. The second kappa shape index (κ2) is 4.49. The molecule has 1 atom stereocenters. The smallest absolute Gasteiger partial charge is 0.137 e. The van der Waals surface area contributed by atoms with Crippen molar-refractivity contribution < 1.29 is 8.81 Å². The fourth-order valence-corrected chi connectivity index (χ4v) is 2.22. The lowest BCUT2D eigenvalue weighted by atomic mass is 10.1. The fraction of sp³-hybridized carbons (Fsp3) is 0.0909. The number of furan rings is 1. The van der Waals surface area contributed by atoms with Crippen molar-refractivity contribution in [3.05, 3.63) is 58.2 Å². The number of hydrogen-bond donors (Lipinski definition) is 0. The molecule has 1 nitrogen and oxygen atoms in total. The van der Waals surface area contributed by atoms with Crippen LogP contribution >= 0.6 is 31.9 Å². The maximum atomic E-state index is 13.0. The molecule has 0 aliphatic rings. The highest BCUT2D eigenvalue weighted by molar-refractivity contribution is 9.10. The van der Waals surface area contributed by atoms with Gasteiger partial charge in [-0.1, -0.05) is 22.0 Å². The first-order chi connectivity index (χ1) is 7.18. The minimum absolute atomic E-state index is 0.0214. The van der Waals surface area contributed by atoms with E-state index >= 15 is 0 Å². The molecule has 0 fully saturated rings. The SMILES string of the molecule is Fc1ccc(C(Br)c2ccoc2)cc1Br.